The third kappa shape index (κ3) is 7.34. The van der Waals surface area contributed by atoms with E-state index in [1.165, 1.54) is 75.7 Å². The highest BCUT2D eigenvalue weighted by molar-refractivity contribution is 5.93. The Morgan fingerprint density at radius 2 is 1.87 bits per heavy atom. The van der Waals surface area contributed by atoms with Gasteiger partial charge in [0.05, 0.1) is 0 Å². The van der Waals surface area contributed by atoms with E-state index in [0.29, 0.717) is 17.8 Å². The van der Waals surface area contributed by atoms with E-state index in [2.05, 4.69) is 57.7 Å². The third-order valence-corrected chi connectivity index (χ3v) is 7.73. The molecule has 1 heterocycles. The molecule has 1 amide bonds. The highest BCUT2D eigenvalue weighted by Gasteiger charge is 2.29. The number of hydrogen-bond acceptors (Lipinski definition) is 2. The number of hydrogen-bond donors (Lipinski definition) is 0. The fourth-order valence-corrected chi connectivity index (χ4v) is 5.26. The van der Waals surface area contributed by atoms with E-state index in [-0.39, 0.29) is 5.91 Å². The van der Waals surface area contributed by atoms with Crippen LogP contribution in [0.2, 0.25) is 0 Å². The summed E-state index contributed by atoms with van der Waals surface area (Å²) >= 11 is 0. The van der Waals surface area contributed by atoms with Gasteiger partial charge in [-0.2, -0.15) is 0 Å². The first-order valence-corrected chi connectivity index (χ1v) is 12.8. The first kappa shape index (κ1) is 25.9. The fraction of sp³-hybridized carbons (Fsp3) is 0.750. The average Bonchev–Trinajstić information content (AvgIpc) is 2.77. The summed E-state index contributed by atoms with van der Waals surface area (Å²) in [6.45, 7) is 17.3. The van der Waals surface area contributed by atoms with Gasteiger partial charge < -0.3 is 9.80 Å². The van der Waals surface area contributed by atoms with Crippen LogP contribution in [0.4, 0.5) is 5.69 Å². The number of piperidine rings is 1. The zero-order chi connectivity index (χ0) is 23.0. The van der Waals surface area contributed by atoms with Crippen molar-refractivity contribution in [2.45, 2.75) is 98.8 Å². The Labute approximate surface area is 192 Å². The second-order valence-corrected chi connectivity index (χ2v) is 10.5. The summed E-state index contributed by atoms with van der Waals surface area (Å²) in [4.78, 5) is 16.8. The van der Waals surface area contributed by atoms with Gasteiger partial charge in [0, 0.05) is 25.7 Å². The molecule has 0 aliphatic carbocycles. The number of carbonyl (C=O) groups is 1. The van der Waals surface area contributed by atoms with E-state index in [1.54, 1.807) is 0 Å². The number of carbonyl (C=O) groups excluding carboxylic acids is 1. The lowest BCUT2D eigenvalue weighted by molar-refractivity contribution is -0.118. The summed E-state index contributed by atoms with van der Waals surface area (Å²) in [5, 5.41) is 0. The van der Waals surface area contributed by atoms with Crippen LogP contribution < -0.4 is 4.90 Å². The summed E-state index contributed by atoms with van der Waals surface area (Å²) in [7, 11) is 1.91. The number of anilines is 1. The normalized spacial score (nSPS) is 18.5. The molecule has 1 aromatic carbocycles. The predicted molar refractivity (Wildman–Crippen MR) is 135 cm³/mol. The highest BCUT2D eigenvalue weighted by Crippen LogP contribution is 2.36. The number of rotatable bonds is 11. The molecule has 0 aromatic heterocycles. The number of benzene rings is 1. The molecule has 0 saturated carbocycles. The van der Waals surface area contributed by atoms with Gasteiger partial charge in [-0.15, -0.1) is 0 Å². The van der Waals surface area contributed by atoms with Gasteiger partial charge in [-0.25, -0.2) is 0 Å². The van der Waals surface area contributed by atoms with Gasteiger partial charge in [0.25, 0.3) is 0 Å². The molecule has 1 saturated heterocycles. The molecular formula is C28H48N2O. The van der Waals surface area contributed by atoms with Gasteiger partial charge in [0.2, 0.25) is 5.91 Å². The molecule has 1 aromatic rings. The molecule has 0 spiro atoms. The van der Waals surface area contributed by atoms with E-state index in [0.717, 1.165) is 11.6 Å². The maximum absolute atomic E-state index is 12.2. The second kappa shape index (κ2) is 12.0. The van der Waals surface area contributed by atoms with E-state index >= 15 is 0 Å². The van der Waals surface area contributed by atoms with Gasteiger partial charge in [0.15, 0.2) is 0 Å². The SMILES string of the molecule is CCCC(C)(CCC(C)CC)CN1CCC(c2ccc(C)c(N(C)C(=O)CC)c2)CC1. The van der Waals surface area contributed by atoms with Crippen LogP contribution in [0.1, 0.15) is 103 Å². The minimum Gasteiger partial charge on any atom is -0.315 e. The lowest BCUT2D eigenvalue weighted by Gasteiger charge is -2.40. The first-order chi connectivity index (χ1) is 14.7. The lowest BCUT2D eigenvalue weighted by Crippen LogP contribution is -2.41. The van der Waals surface area contributed by atoms with E-state index in [4.69, 9.17) is 0 Å². The van der Waals surface area contributed by atoms with Gasteiger partial charge >= 0.3 is 0 Å². The van der Waals surface area contributed by atoms with Crippen molar-refractivity contribution in [3.05, 3.63) is 29.3 Å². The first-order valence-electron chi connectivity index (χ1n) is 12.8. The quantitative estimate of drug-likeness (QED) is 0.373. The summed E-state index contributed by atoms with van der Waals surface area (Å²) in [6, 6.07) is 6.76. The maximum Gasteiger partial charge on any atom is 0.226 e. The molecule has 2 rings (SSSR count). The zero-order valence-corrected chi connectivity index (χ0v) is 21.5. The van der Waals surface area contributed by atoms with Gasteiger partial charge in [0.1, 0.15) is 0 Å². The Morgan fingerprint density at radius 3 is 2.45 bits per heavy atom. The van der Waals surface area contributed by atoms with Crippen LogP contribution in [0, 0.1) is 18.3 Å². The van der Waals surface area contributed by atoms with Gasteiger partial charge in [-0.05, 0) is 80.1 Å². The summed E-state index contributed by atoms with van der Waals surface area (Å²) in [5.74, 6) is 1.64. The van der Waals surface area contributed by atoms with Gasteiger partial charge in [-0.3, -0.25) is 4.79 Å². The molecule has 0 N–H and O–H groups in total. The smallest absolute Gasteiger partial charge is 0.226 e. The van der Waals surface area contributed by atoms with Crippen LogP contribution in [-0.2, 0) is 4.79 Å². The molecule has 0 radical (unpaired) electrons. The molecule has 2 atom stereocenters. The van der Waals surface area contributed by atoms with Crippen molar-refractivity contribution in [1.82, 2.24) is 4.90 Å². The monoisotopic (exact) mass is 428 g/mol. The average molecular weight is 429 g/mol. The Bertz CT molecular complexity index is 692. The molecule has 3 nitrogen and oxygen atoms in total. The Hall–Kier alpha value is -1.35. The van der Waals surface area contributed by atoms with Crippen molar-refractivity contribution < 1.29 is 4.79 Å². The molecule has 1 fully saturated rings. The van der Waals surface area contributed by atoms with Crippen LogP contribution in [0.3, 0.4) is 0 Å². The number of amides is 1. The summed E-state index contributed by atoms with van der Waals surface area (Å²) in [5.41, 5.74) is 4.12. The van der Waals surface area contributed by atoms with Crippen molar-refractivity contribution >= 4 is 11.6 Å². The molecular weight excluding hydrogens is 380 g/mol. The van der Waals surface area contributed by atoms with E-state index < -0.39 is 0 Å². The van der Waals surface area contributed by atoms with E-state index in [1.807, 2.05) is 18.9 Å². The zero-order valence-electron chi connectivity index (χ0n) is 21.5. The maximum atomic E-state index is 12.2. The molecule has 2 unspecified atom stereocenters. The minimum absolute atomic E-state index is 0.183. The third-order valence-electron chi connectivity index (χ3n) is 7.73. The van der Waals surface area contributed by atoms with Crippen LogP contribution >= 0.6 is 0 Å². The molecule has 31 heavy (non-hydrogen) atoms. The molecule has 3 heteroatoms. The summed E-state index contributed by atoms with van der Waals surface area (Å²) < 4.78 is 0. The van der Waals surface area contributed by atoms with E-state index in [9.17, 15) is 4.79 Å². The van der Waals surface area contributed by atoms with Crippen molar-refractivity contribution in [2.24, 2.45) is 11.3 Å². The van der Waals surface area contributed by atoms with Crippen molar-refractivity contribution in [1.29, 1.82) is 0 Å². The number of aryl methyl sites for hydroxylation is 1. The topological polar surface area (TPSA) is 23.6 Å². The Morgan fingerprint density at radius 1 is 1.19 bits per heavy atom. The van der Waals surface area contributed by atoms with Crippen LogP contribution in [0.25, 0.3) is 0 Å². The Kier molecular flexibility index (Phi) is 10.1. The standard InChI is InChI=1S/C28H48N2O/c1-8-16-28(6,17-13-22(4)9-2)21-30-18-14-24(15-19-30)25-12-11-23(5)26(20-25)29(7)27(31)10-3/h11-12,20,22,24H,8-10,13-19,21H2,1-7H3. The second-order valence-electron chi connectivity index (χ2n) is 10.5. The van der Waals surface area contributed by atoms with Crippen molar-refractivity contribution in [3.8, 4) is 0 Å². The van der Waals surface area contributed by atoms with Crippen molar-refractivity contribution in [3.63, 3.8) is 0 Å². The predicted octanol–water partition coefficient (Wildman–Crippen LogP) is 7.18. The Balaban J connectivity index is 1.99. The molecule has 176 valence electrons. The molecule has 1 aliphatic heterocycles. The van der Waals surface area contributed by atoms with Crippen LogP contribution in [-0.4, -0.2) is 37.5 Å². The van der Waals surface area contributed by atoms with Gasteiger partial charge in [-0.1, -0.05) is 66.0 Å². The fourth-order valence-electron chi connectivity index (χ4n) is 5.26. The van der Waals surface area contributed by atoms with Crippen LogP contribution in [0.15, 0.2) is 18.2 Å². The minimum atomic E-state index is 0.183. The number of likely N-dealkylation sites (tertiary alicyclic amines) is 1. The van der Waals surface area contributed by atoms with Crippen molar-refractivity contribution in [2.75, 3.05) is 31.6 Å². The summed E-state index contributed by atoms with van der Waals surface area (Å²) in [6.07, 6.45) is 9.63. The largest absolute Gasteiger partial charge is 0.315 e. The van der Waals surface area contributed by atoms with Crippen LogP contribution in [0.5, 0.6) is 0 Å². The number of nitrogens with zero attached hydrogens (tertiary/aromatic N) is 2. The molecule has 1 aliphatic rings. The lowest BCUT2D eigenvalue weighted by atomic mass is 9.78. The molecule has 0 bridgehead atoms. The highest BCUT2D eigenvalue weighted by atomic mass is 16.2.